The Morgan fingerprint density at radius 1 is 1.32 bits per heavy atom. The van der Waals surface area contributed by atoms with Gasteiger partial charge in [0, 0.05) is 11.1 Å². The van der Waals surface area contributed by atoms with Crippen molar-refractivity contribution >= 4 is 23.3 Å². The number of nitrogens with zero attached hydrogens (tertiary/aromatic N) is 2. The number of hydrogen-bond acceptors (Lipinski definition) is 5. The molecule has 0 fully saturated rings. The van der Waals surface area contributed by atoms with Gasteiger partial charge in [-0.25, -0.2) is 4.79 Å². The average molecular weight is 317 g/mol. The molecule has 22 heavy (non-hydrogen) atoms. The summed E-state index contributed by atoms with van der Waals surface area (Å²) in [6, 6.07) is 12.2. The van der Waals surface area contributed by atoms with Crippen LogP contribution < -0.4 is 0 Å². The monoisotopic (exact) mass is 316 g/mol. The lowest BCUT2D eigenvalue weighted by Crippen LogP contribution is -2.08. The van der Waals surface area contributed by atoms with Crippen LogP contribution in [0.5, 0.6) is 0 Å². The number of carbonyl (C=O) groups excluding carboxylic acids is 1. The Morgan fingerprint density at radius 2 is 2.09 bits per heavy atom. The summed E-state index contributed by atoms with van der Waals surface area (Å²) < 4.78 is 5.05. The van der Waals surface area contributed by atoms with E-state index in [0.717, 1.165) is 6.07 Å². The largest absolute Gasteiger partial charge is 0.457 e. The first kappa shape index (κ1) is 15.5. The first-order chi connectivity index (χ1) is 10.5. The van der Waals surface area contributed by atoms with Crippen LogP contribution in [0, 0.1) is 21.4 Å². The average Bonchev–Trinajstić information content (AvgIpc) is 2.52. The Bertz CT molecular complexity index is 783. The fourth-order valence-electron chi connectivity index (χ4n) is 1.79. The van der Waals surface area contributed by atoms with E-state index in [2.05, 4.69) is 0 Å². The predicted molar refractivity (Wildman–Crippen MR) is 78.4 cm³/mol. The minimum absolute atomic E-state index is 0.0992. The molecular formula is C15H9ClN2O4. The molecule has 110 valence electrons. The van der Waals surface area contributed by atoms with Gasteiger partial charge in [-0.2, -0.15) is 5.26 Å². The van der Waals surface area contributed by atoms with Crippen molar-refractivity contribution in [2.75, 3.05) is 0 Å². The molecule has 0 aliphatic rings. The molecule has 0 aliphatic carbocycles. The van der Waals surface area contributed by atoms with Crippen molar-refractivity contribution in [3.8, 4) is 6.07 Å². The van der Waals surface area contributed by atoms with Gasteiger partial charge in [-0.1, -0.05) is 23.7 Å². The number of nitro benzene ring substituents is 1. The third-order valence-corrected chi connectivity index (χ3v) is 3.04. The van der Waals surface area contributed by atoms with Crippen LogP contribution in [0.25, 0.3) is 0 Å². The third-order valence-electron chi connectivity index (χ3n) is 2.80. The number of nitro groups is 1. The highest BCUT2D eigenvalue weighted by Gasteiger charge is 2.21. The second-order valence-electron chi connectivity index (χ2n) is 4.31. The fourth-order valence-corrected chi connectivity index (χ4v) is 1.96. The number of nitriles is 1. The highest BCUT2D eigenvalue weighted by molar-refractivity contribution is 6.31. The smallest absolute Gasteiger partial charge is 0.345 e. The van der Waals surface area contributed by atoms with Crippen molar-refractivity contribution in [1.82, 2.24) is 0 Å². The summed E-state index contributed by atoms with van der Waals surface area (Å²) >= 11 is 5.76. The number of rotatable bonds is 4. The zero-order chi connectivity index (χ0) is 16.1. The topological polar surface area (TPSA) is 93.2 Å². The van der Waals surface area contributed by atoms with Crippen LogP contribution in [-0.2, 0) is 11.3 Å². The van der Waals surface area contributed by atoms with E-state index in [4.69, 9.17) is 21.6 Å². The van der Waals surface area contributed by atoms with Crippen LogP contribution in [0.4, 0.5) is 5.69 Å². The molecule has 0 unspecified atom stereocenters. The van der Waals surface area contributed by atoms with Crippen LogP contribution in [0.15, 0.2) is 42.5 Å². The minimum atomic E-state index is -0.850. The summed E-state index contributed by atoms with van der Waals surface area (Å²) in [6.07, 6.45) is 0. The molecule has 0 N–H and O–H groups in total. The lowest BCUT2D eigenvalue weighted by Gasteiger charge is -2.06. The van der Waals surface area contributed by atoms with Gasteiger partial charge in [0.05, 0.1) is 16.6 Å². The maximum atomic E-state index is 12.0. The van der Waals surface area contributed by atoms with Gasteiger partial charge < -0.3 is 4.74 Å². The molecule has 0 saturated heterocycles. The molecule has 2 rings (SSSR count). The zero-order valence-electron chi connectivity index (χ0n) is 11.2. The van der Waals surface area contributed by atoms with E-state index in [1.165, 1.54) is 12.1 Å². The molecular weight excluding hydrogens is 308 g/mol. The number of halogens is 1. The first-order valence-corrected chi connectivity index (χ1v) is 6.49. The second kappa shape index (κ2) is 6.70. The second-order valence-corrected chi connectivity index (χ2v) is 4.74. The zero-order valence-corrected chi connectivity index (χ0v) is 11.9. The first-order valence-electron chi connectivity index (χ1n) is 6.11. The van der Waals surface area contributed by atoms with Crippen LogP contribution in [0.1, 0.15) is 21.5 Å². The number of benzene rings is 2. The molecule has 0 saturated carbocycles. The summed E-state index contributed by atoms with van der Waals surface area (Å²) in [5, 5.41) is 19.9. The van der Waals surface area contributed by atoms with Crippen LogP contribution in [-0.4, -0.2) is 10.9 Å². The Labute approximate surface area is 130 Å². The van der Waals surface area contributed by atoms with Crippen LogP contribution in [0.2, 0.25) is 5.02 Å². The maximum absolute atomic E-state index is 12.0. The van der Waals surface area contributed by atoms with Gasteiger partial charge in [0.15, 0.2) is 0 Å². The van der Waals surface area contributed by atoms with Crippen molar-refractivity contribution in [2.24, 2.45) is 0 Å². The SMILES string of the molecule is N#Cc1cccc(COC(=O)c2cc(Cl)ccc2[N+](=O)[O-])c1. The molecule has 0 radical (unpaired) electrons. The summed E-state index contributed by atoms with van der Waals surface area (Å²) in [6.45, 7) is -0.0992. The fraction of sp³-hybridized carbons (Fsp3) is 0.0667. The lowest BCUT2D eigenvalue weighted by molar-refractivity contribution is -0.385. The van der Waals surface area contributed by atoms with Gasteiger partial charge in [-0.3, -0.25) is 10.1 Å². The lowest BCUT2D eigenvalue weighted by atomic mass is 10.1. The van der Waals surface area contributed by atoms with E-state index in [1.807, 2.05) is 6.07 Å². The van der Waals surface area contributed by atoms with Crippen LogP contribution >= 0.6 is 11.6 Å². The number of ether oxygens (including phenoxy) is 1. The summed E-state index contributed by atoms with van der Waals surface area (Å²) in [5.41, 5.74) is 0.452. The Balaban J connectivity index is 2.17. The minimum Gasteiger partial charge on any atom is -0.457 e. The number of carbonyl (C=O) groups is 1. The Morgan fingerprint density at radius 3 is 2.77 bits per heavy atom. The maximum Gasteiger partial charge on any atom is 0.345 e. The Hall–Kier alpha value is -2.91. The molecule has 2 aromatic carbocycles. The van der Waals surface area contributed by atoms with Crippen LogP contribution in [0.3, 0.4) is 0 Å². The van der Waals surface area contributed by atoms with Crippen molar-refractivity contribution in [3.05, 3.63) is 74.3 Å². The molecule has 0 aromatic heterocycles. The molecule has 0 heterocycles. The van der Waals surface area contributed by atoms with Gasteiger partial charge >= 0.3 is 5.97 Å². The third kappa shape index (κ3) is 3.59. The summed E-state index contributed by atoms with van der Waals surface area (Å²) in [5.74, 6) is -0.850. The van der Waals surface area contributed by atoms with Gasteiger partial charge in [-0.15, -0.1) is 0 Å². The van der Waals surface area contributed by atoms with E-state index in [0.29, 0.717) is 11.1 Å². The van der Waals surface area contributed by atoms with E-state index < -0.39 is 10.9 Å². The molecule has 0 aliphatic heterocycles. The van der Waals surface area contributed by atoms with E-state index in [9.17, 15) is 14.9 Å². The Kier molecular flexibility index (Phi) is 4.71. The molecule has 6 nitrogen and oxygen atoms in total. The quantitative estimate of drug-likeness (QED) is 0.489. The predicted octanol–water partition coefficient (Wildman–Crippen LogP) is 3.48. The van der Waals surface area contributed by atoms with Gasteiger partial charge in [0.2, 0.25) is 0 Å². The van der Waals surface area contributed by atoms with E-state index >= 15 is 0 Å². The highest BCUT2D eigenvalue weighted by Crippen LogP contribution is 2.23. The number of esters is 1. The molecule has 0 atom stereocenters. The number of hydrogen-bond donors (Lipinski definition) is 0. The van der Waals surface area contributed by atoms with Gasteiger partial charge in [0.1, 0.15) is 12.2 Å². The summed E-state index contributed by atoms with van der Waals surface area (Å²) in [7, 11) is 0. The van der Waals surface area contributed by atoms with Crippen molar-refractivity contribution in [3.63, 3.8) is 0 Å². The molecule has 2 aromatic rings. The molecule has 7 heteroatoms. The van der Waals surface area contributed by atoms with Crippen molar-refractivity contribution < 1.29 is 14.5 Å². The van der Waals surface area contributed by atoms with E-state index in [-0.39, 0.29) is 22.9 Å². The van der Waals surface area contributed by atoms with Crippen molar-refractivity contribution in [1.29, 1.82) is 5.26 Å². The van der Waals surface area contributed by atoms with Gasteiger partial charge in [-0.05, 0) is 29.8 Å². The van der Waals surface area contributed by atoms with Gasteiger partial charge in [0.25, 0.3) is 5.69 Å². The molecule has 0 amide bonds. The van der Waals surface area contributed by atoms with Crippen molar-refractivity contribution in [2.45, 2.75) is 6.61 Å². The standard InChI is InChI=1S/C15H9ClN2O4/c16-12-4-5-14(18(20)21)13(7-12)15(19)22-9-11-3-1-2-10(6-11)8-17/h1-7H,9H2. The summed E-state index contributed by atoms with van der Waals surface area (Å²) in [4.78, 5) is 22.2. The normalized spacial score (nSPS) is 9.82. The molecule has 0 spiro atoms. The highest BCUT2D eigenvalue weighted by atomic mass is 35.5. The molecule has 0 bridgehead atoms. The van der Waals surface area contributed by atoms with E-state index in [1.54, 1.807) is 24.3 Å².